The summed E-state index contributed by atoms with van der Waals surface area (Å²) < 4.78 is 0. The largest absolute Gasteiger partial charge is 0.481 e. The van der Waals surface area contributed by atoms with Crippen molar-refractivity contribution in [2.45, 2.75) is 31.3 Å². The summed E-state index contributed by atoms with van der Waals surface area (Å²) in [7, 11) is 0. The molecule has 0 unspecified atom stereocenters. The van der Waals surface area contributed by atoms with E-state index in [2.05, 4.69) is 41.1 Å². The van der Waals surface area contributed by atoms with Gasteiger partial charge >= 0.3 is 5.97 Å². The van der Waals surface area contributed by atoms with Gasteiger partial charge in [0.1, 0.15) is 6.07 Å². The summed E-state index contributed by atoms with van der Waals surface area (Å²) in [5.41, 5.74) is 5.50. The van der Waals surface area contributed by atoms with Crippen molar-refractivity contribution in [1.82, 2.24) is 5.32 Å². The standard InChI is InChI=1S/C27H28N4O2/c1-18(21-10-5-7-19(13-21)14-25(32)33)16-30-26(20-8-3-2-4-9-20)24-17-29-23-12-6-11-22(15-28)27(23)31-24/h2-13,18,24,26,29-31H,14,16-17H2,1H3,(H,32,33)/t18-,24+,26+/m0/s1. The van der Waals surface area contributed by atoms with Crippen LogP contribution in [0.15, 0.2) is 72.8 Å². The molecule has 0 saturated heterocycles. The first kappa shape index (κ1) is 22.4. The number of anilines is 2. The molecule has 0 aliphatic carbocycles. The topological polar surface area (TPSA) is 97.2 Å². The molecule has 6 heteroatoms. The summed E-state index contributed by atoms with van der Waals surface area (Å²) >= 11 is 0. The Bertz CT molecular complexity index is 1160. The van der Waals surface area contributed by atoms with Gasteiger partial charge in [-0.15, -0.1) is 0 Å². The Kier molecular flexibility index (Phi) is 6.92. The van der Waals surface area contributed by atoms with Crippen LogP contribution in [0.4, 0.5) is 11.4 Å². The van der Waals surface area contributed by atoms with Crippen molar-refractivity contribution in [2.24, 2.45) is 0 Å². The number of fused-ring (bicyclic) bond motifs is 1. The molecular formula is C27H28N4O2. The molecular weight excluding hydrogens is 412 g/mol. The van der Waals surface area contributed by atoms with E-state index in [9.17, 15) is 10.1 Å². The summed E-state index contributed by atoms with van der Waals surface area (Å²) in [4.78, 5) is 11.1. The number of hydrogen-bond acceptors (Lipinski definition) is 5. The highest BCUT2D eigenvalue weighted by atomic mass is 16.4. The van der Waals surface area contributed by atoms with Crippen LogP contribution in [0, 0.1) is 11.3 Å². The van der Waals surface area contributed by atoms with Gasteiger partial charge in [-0.1, -0.05) is 67.6 Å². The lowest BCUT2D eigenvalue weighted by atomic mass is 9.94. The maximum Gasteiger partial charge on any atom is 0.307 e. The molecule has 0 spiro atoms. The number of rotatable bonds is 8. The van der Waals surface area contributed by atoms with E-state index in [1.807, 2.05) is 60.7 Å². The Morgan fingerprint density at radius 3 is 2.64 bits per heavy atom. The van der Waals surface area contributed by atoms with Crippen molar-refractivity contribution >= 4 is 17.3 Å². The maximum absolute atomic E-state index is 11.1. The first-order valence-electron chi connectivity index (χ1n) is 11.2. The van der Waals surface area contributed by atoms with Crippen LogP contribution >= 0.6 is 0 Å². The van der Waals surface area contributed by atoms with Crippen molar-refractivity contribution in [3.63, 3.8) is 0 Å². The number of hydrogen-bond donors (Lipinski definition) is 4. The lowest BCUT2D eigenvalue weighted by molar-refractivity contribution is -0.136. The third-order valence-electron chi connectivity index (χ3n) is 6.11. The number of carboxylic acid groups (broad SMARTS) is 1. The Balaban J connectivity index is 1.53. The molecule has 0 amide bonds. The Morgan fingerprint density at radius 1 is 1.12 bits per heavy atom. The van der Waals surface area contributed by atoms with Gasteiger partial charge in [0.2, 0.25) is 0 Å². The molecule has 1 aliphatic rings. The number of carboxylic acids is 1. The fraction of sp³-hybridized carbons (Fsp3) is 0.259. The van der Waals surface area contributed by atoms with Crippen LogP contribution in [0.2, 0.25) is 0 Å². The molecule has 0 saturated carbocycles. The van der Waals surface area contributed by atoms with Gasteiger partial charge in [0, 0.05) is 13.1 Å². The monoisotopic (exact) mass is 440 g/mol. The molecule has 1 heterocycles. The minimum Gasteiger partial charge on any atom is -0.481 e. The van der Waals surface area contributed by atoms with Gasteiger partial charge < -0.3 is 21.1 Å². The van der Waals surface area contributed by atoms with E-state index >= 15 is 0 Å². The summed E-state index contributed by atoms with van der Waals surface area (Å²) in [6.07, 6.45) is 0.0267. The van der Waals surface area contributed by atoms with Crippen LogP contribution in [0.1, 0.15) is 41.1 Å². The highest BCUT2D eigenvalue weighted by Gasteiger charge is 2.28. The lowest BCUT2D eigenvalue weighted by Crippen LogP contribution is -2.45. The Labute approximate surface area is 194 Å². The number of nitriles is 1. The van der Waals surface area contributed by atoms with Crippen LogP contribution in [0.3, 0.4) is 0 Å². The van der Waals surface area contributed by atoms with E-state index in [1.54, 1.807) is 0 Å². The highest BCUT2D eigenvalue weighted by Crippen LogP contribution is 2.33. The summed E-state index contributed by atoms with van der Waals surface area (Å²) in [5, 5.41) is 29.4. The molecule has 3 aromatic rings. The second-order valence-electron chi connectivity index (χ2n) is 8.48. The van der Waals surface area contributed by atoms with Crippen molar-refractivity contribution in [1.29, 1.82) is 5.26 Å². The van der Waals surface area contributed by atoms with Gasteiger partial charge in [-0.2, -0.15) is 5.26 Å². The van der Waals surface area contributed by atoms with E-state index in [1.165, 1.54) is 5.56 Å². The first-order valence-corrected chi connectivity index (χ1v) is 11.2. The second-order valence-corrected chi connectivity index (χ2v) is 8.48. The van der Waals surface area contributed by atoms with Gasteiger partial charge in [0.25, 0.3) is 0 Å². The van der Waals surface area contributed by atoms with Crippen LogP contribution < -0.4 is 16.0 Å². The van der Waals surface area contributed by atoms with Gasteiger partial charge in [-0.25, -0.2) is 0 Å². The smallest absolute Gasteiger partial charge is 0.307 e. The van der Waals surface area contributed by atoms with Crippen LogP contribution in [0.25, 0.3) is 0 Å². The van der Waals surface area contributed by atoms with Crippen molar-refractivity contribution in [3.8, 4) is 6.07 Å². The van der Waals surface area contributed by atoms with Crippen molar-refractivity contribution in [2.75, 3.05) is 23.7 Å². The SMILES string of the molecule is C[C@@H](CN[C@H](c1ccccc1)[C@H]1CNc2cccc(C#N)c2N1)c1cccc(CC(=O)O)c1. The molecule has 33 heavy (non-hydrogen) atoms. The zero-order valence-electron chi connectivity index (χ0n) is 18.6. The molecule has 0 bridgehead atoms. The minimum atomic E-state index is -0.824. The van der Waals surface area contributed by atoms with Crippen LogP contribution in [0.5, 0.6) is 0 Å². The average molecular weight is 441 g/mol. The average Bonchev–Trinajstić information content (AvgIpc) is 2.84. The number of nitrogens with one attached hydrogen (secondary N) is 3. The summed E-state index contributed by atoms with van der Waals surface area (Å²) in [5.74, 6) is -0.626. The van der Waals surface area contributed by atoms with Gasteiger partial charge in [0.05, 0.1) is 35.4 Å². The fourth-order valence-corrected chi connectivity index (χ4v) is 4.36. The first-order chi connectivity index (χ1) is 16.0. The summed E-state index contributed by atoms with van der Waals surface area (Å²) in [6.45, 7) is 3.59. The molecule has 4 N–H and O–H groups in total. The molecule has 4 rings (SSSR count). The highest BCUT2D eigenvalue weighted by molar-refractivity contribution is 5.77. The Morgan fingerprint density at radius 2 is 1.88 bits per heavy atom. The van der Waals surface area contributed by atoms with Crippen molar-refractivity contribution in [3.05, 3.63) is 95.1 Å². The predicted molar refractivity (Wildman–Crippen MR) is 130 cm³/mol. The van der Waals surface area contributed by atoms with Gasteiger partial charge in [-0.05, 0) is 34.7 Å². The normalized spacial score (nSPS) is 16.4. The number of benzene rings is 3. The minimum absolute atomic E-state index is 0.0169. The van der Waals surface area contributed by atoms with E-state index in [0.29, 0.717) is 5.56 Å². The molecule has 0 aromatic heterocycles. The maximum atomic E-state index is 11.1. The zero-order chi connectivity index (χ0) is 23.2. The van der Waals surface area contributed by atoms with Crippen LogP contribution in [-0.4, -0.2) is 30.2 Å². The number of para-hydroxylation sites is 1. The molecule has 0 fully saturated rings. The second kappa shape index (κ2) is 10.2. The third-order valence-corrected chi connectivity index (χ3v) is 6.11. The van der Waals surface area contributed by atoms with Crippen LogP contribution in [-0.2, 0) is 11.2 Å². The third kappa shape index (κ3) is 5.33. The quantitative estimate of drug-likeness (QED) is 0.411. The van der Waals surface area contributed by atoms with Gasteiger partial charge in [0.15, 0.2) is 0 Å². The number of aliphatic carboxylic acids is 1. The molecule has 1 aliphatic heterocycles. The molecule has 168 valence electrons. The number of nitrogens with zero attached hydrogens (tertiary/aromatic N) is 1. The fourth-order valence-electron chi connectivity index (χ4n) is 4.36. The van der Waals surface area contributed by atoms with Crippen molar-refractivity contribution < 1.29 is 9.90 Å². The molecule has 6 nitrogen and oxygen atoms in total. The van der Waals surface area contributed by atoms with Gasteiger partial charge in [-0.3, -0.25) is 4.79 Å². The Hall–Kier alpha value is -3.82. The van der Waals surface area contributed by atoms with E-state index in [0.717, 1.165) is 35.6 Å². The van der Waals surface area contributed by atoms with E-state index in [4.69, 9.17) is 5.11 Å². The molecule has 3 atom stereocenters. The lowest BCUT2D eigenvalue weighted by Gasteiger charge is -2.36. The molecule has 0 radical (unpaired) electrons. The molecule has 3 aromatic carbocycles. The number of carbonyl (C=O) groups is 1. The predicted octanol–water partition coefficient (Wildman–Crippen LogP) is 4.53. The summed E-state index contributed by atoms with van der Waals surface area (Å²) in [6, 6.07) is 26.1. The van der Waals surface area contributed by atoms with E-state index in [-0.39, 0.29) is 24.4 Å². The zero-order valence-corrected chi connectivity index (χ0v) is 18.6. The van der Waals surface area contributed by atoms with E-state index < -0.39 is 5.97 Å².